The molecule has 0 saturated carbocycles. The number of anilines is 3. The quantitative estimate of drug-likeness (QED) is 0.0743. The second-order valence-corrected chi connectivity index (χ2v) is 55.0. The van der Waals surface area contributed by atoms with E-state index in [-0.39, 0.29) is 42.1 Å². The molecule has 0 heterocycles. The maximum absolute atomic E-state index is 11.5. The molecule has 0 spiro atoms. The first kappa shape index (κ1) is 89.9. The average Bonchev–Trinajstić information content (AvgIpc) is 3.37. The van der Waals surface area contributed by atoms with E-state index >= 15 is 0 Å². The van der Waals surface area contributed by atoms with E-state index < -0.39 is 45.8 Å². The van der Waals surface area contributed by atoms with Crippen LogP contribution in [0.3, 0.4) is 0 Å². The minimum absolute atomic E-state index is 0.0720. The number of methoxy groups -OCH3 is 3. The number of carbonyl (C=O) groups is 6. The number of hydrogen-bond acceptors (Lipinski definition) is 10. The molecule has 15 nitrogen and oxygen atoms in total. The van der Waals surface area contributed by atoms with Crippen molar-refractivity contribution >= 4 is 108 Å². The molecule has 0 unspecified atom stereocenters. The van der Waals surface area contributed by atoms with Gasteiger partial charge in [-0.25, -0.2) is 0 Å². The van der Waals surface area contributed by atoms with Gasteiger partial charge >= 0.3 is 5.97 Å². The van der Waals surface area contributed by atoms with Gasteiger partial charge in [-0.3, -0.25) is 28.8 Å². The average molecular weight is 1320 g/mol. The van der Waals surface area contributed by atoms with E-state index in [4.69, 9.17) is 18.9 Å². The first-order valence-electron chi connectivity index (χ1n) is 31.0. The molecule has 20 heteroatoms. The smallest absolute Gasteiger partial charge is 0.302 e. The molecule has 5 amide bonds. The second-order valence-electron chi connectivity index (χ2n) is 29.0. The summed E-state index contributed by atoms with van der Waals surface area (Å²) in [6.07, 6.45) is 0. The van der Waals surface area contributed by atoms with Crippen molar-refractivity contribution in [1.82, 2.24) is 9.80 Å². The van der Waals surface area contributed by atoms with E-state index in [0.29, 0.717) is 25.9 Å². The number of ether oxygens (including phenoxy) is 4. The highest BCUT2D eigenvalue weighted by Gasteiger charge is 2.33. The lowest BCUT2D eigenvalue weighted by Crippen LogP contribution is -2.43. The zero-order valence-corrected chi connectivity index (χ0v) is 67.1. The summed E-state index contributed by atoms with van der Waals surface area (Å²) in [5.74, 6) is 0.979. The molecule has 0 bridgehead atoms. The number of amides is 5. The van der Waals surface area contributed by atoms with E-state index in [0.717, 1.165) is 23.0 Å². The fourth-order valence-corrected chi connectivity index (χ4v) is 22.4. The van der Waals surface area contributed by atoms with Crippen molar-refractivity contribution in [2.45, 2.75) is 191 Å². The number of hydrogen-bond donors (Lipinski definition) is 0. The first-order valence-corrected chi connectivity index (χ1v) is 48.3. The number of benzene rings is 3. The number of rotatable bonds is 21. The van der Waals surface area contributed by atoms with E-state index in [1.165, 1.54) is 58.5 Å². The number of carbonyl (C=O) groups excluding carboxylic acids is 6. The van der Waals surface area contributed by atoms with Gasteiger partial charge in [0.2, 0.25) is 29.5 Å². The molecule has 0 atom stereocenters. The molecule has 0 radical (unpaired) electrons. The Morgan fingerprint density at radius 1 is 0.420 bits per heavy atom. The molecular weight excluding hydrogens is 1190 g/mol. The van der Waals surface area contributed by atoms with Crippen LogP contribution in [0, 0.1) is 11.3 Å². The van der Waals surface area contributed by atoms with Gasteiger partial charge in [-0.05, 0) is 56.2 Å². The third kappa shape index (κ3) is 42.4. The standard InChI is InChI=1S/2C16H29NOSi2.C12H19NOSi.C10H20O5.C6H13NO.C4H9NO.C4H10/c2*1-14(18)17(2)15-9-8-10-16(13-15)20(6,7)12-11-19(3,4)5;1-10(14)13(2)11-7-6-8-12(9-11)15(3,4)5;1-9(11)15-8-10(5-12-2,6-13-3)7-14-4;1-5(2)7(4)6(3)8;1-4(6)5(2)3;1-4(2)3/h2*8-10,13H,11-12H2,1-7H3;6-9H,1-5H3;5-8H2,1-4H3;5H,1-4H3;1-3H3;4H,1-3H3. The number of nitrogens with zero attached hydrogens (tertiary/aromatic N) is 5. The van der Waals surface area contributed by atoms with Crippen LogP contribution in [-0.2, 0) is 47.7 Å². The van der Waals surface area contributed by atoms with Crippen LogP contribution < -0.4 is 30.3 Å². The van der Waals surface area contributed by atoms with Gasteiger partial charge in [0.05, 0.1) is 49.5 Å². The van der Waals surface area contributed by atoms with Gasteiger partial charge in [0.15, 0.2) is 0 Å². The molecule has 3 aromatic carbocycles. The summed E-state index contributed by atoms with van der Waals surface area (Å²) < 4.78 is 20.3. The highest BCUT2D eigenvalue weighted by molar-refractivity contribution is 6.92. The highest BCUT2D eigenvalue weighted by Crippen LogP contribution is 2.24. The van der Waals surface area contributed by atoms with Crippen molar-refractivity contribution in [2.24, 2.45) is 11.3 Å². The van der Waals surface area contributed by atoms with Gasteiger partial charge in [0.25, 0.3) is 0 Å². The third-order valence-corrected chi connectivity index (χ3v) is 27.7. The van der Waals surface area contributed by atoms with Crippen molar-refractivity contribution in [3.8, 4) is 0 Å². The minimum atomic E-state index is -1.40. The number of esters is 1. The molecule has 0 N–H and O–H groups in total. The second kappa shape index (κ2) is 43.3. The van der Waals surface area contributed by atoms with Crippen LogP contribution in [0.1, 0.15) is 76.2 Å². The van der Waals surface area contributed by atoms with Crippen LogP contribution in [0.25, 0.3) is 0 Å². The van der Waals surface area contributed by atoms with Gasteiger partial charge in [0, 0.05) is 144 Å². The van der Waals surface area contributed by atoms with Crippen molar-refractivity contribution in [3.63, 3.8) is 0 Å². The van der Waals surface area contributed by atoms with Crippen LogP contribution in [0.4, 0.5) is 17.1 Å². The summed E-state index contributed by atoms with van der Waals surface area (Å²) in [5, 5.41) is 4.30. The molecule has 88 heavy (non-hydrogen) atoms. The van der Waals surface area contributed by atoms with Crippen molar-refractivity contribution in [2.75, 3.05) is 105 Å². The van der Waals surface area contributed by atoms with E-state index in [1.807, 2.05) is 59.3 Å². The Bertz CT molecular complexity index is 2400. The van der Waals surface area contributed by atoms with Crippen LogP contribution in [0.15, 0.2) is 72.8 Å². The van der Waals surface area contributed by atoms with Gasteiger partial charge in [-0.1, -0.05) is 182 Å². The Kier molecular flexibility index (Phi) is 44.2. The predicted octanol–water partition coefficient (Wildman–Crippen LogP) is 13.2. The summed E-state index contributed by atoms with van der Waals surface area (Å²) in [5.41, 5.74) is 2.60. The molecule has 0 aliphatic rings. The first-order chi connectivity index (χ1) is 39.9. The molecule has 3 rings (SSSR count). The zero-order chi connectivity index (χ0) is 69.9. The SMILES string of the molecule is CC(=O)N(C)C.CC(=O)N(C)C(C)C.CC(=O)N(C)c1cccc([Si](C)(C)C)c1.CC(=O)N(C)c1cccc([Si](C)(C)CC[Si](C)(C)C)c1.CC(=O)N(C)c1cccc([Si](C)(C)CC[Si](C)(C)C)c1.CC(C)C.COCC(COC)(COC)COC(C)=O. The van der Waals surface area contributed by atoms with Crippen LogP contribution in [-0.4, -0.2) is 182 Å². The Balaban J connectivity index is -0.000000491. The van der Waals surface area contributed by atoms with Crippen LogP contribution >= 0.6 is 0 Å². The molecule has 506 valence electrons. The Labute approximate surface area is 543 Å². The van der Waals surface area contributed by atoms with Gasteiger partial charge in [0.1, 0.15) is 6.61 Å². The topological polar surface area (TPSA) is 156 Å². The molecular formula is C68H129N5O10Si5. The summed E-state index contributed by atoms with van der Waals surface area (Å²) >= 11 is 0. The van der Waals surface area contributed by atoms with E-state index in [2.05, 4.69) is 154 Å². The minimum Gasteiger partial charge on any atom is -0.465 e. The lowest BCUT2D eigenvalue weighted by molar-refractivity contribution is -0.151. The van der Waals surface area contributed by atoms with Crippen molar-refractivity contribution in [1.29, 1.82) is 0 Å². The van der Waals surface area contributed by atoms with Crippen LogP contribution in [0.2, 0.25) is 109 Å². The van der Waals surface area contributed by atoms with Gasteiger partial charge in [-0.15, -0.1) is 0 Å². The predicted molar refractivity (Wildman–Crippen MR) is 393 cm³/mol. The fraction of sp³-hybridized carbons (Fsp3) is 0.647. The van der Waals surface area contributed by atoms with E-state index in [9.17, 15) is 28.8 Å². The van der Waals surface area contributed by atoms with Crippen LogP contribution in [0.5, 0.6) is 0 Å². The normalized spacial score (nSPS) is 11.3. The molecule has 0 fully saturated rings. The summed E-state index contributed by atoms with van der Waals surface area (Å²) in [6.45, 7) is 52.6. The lowest BCUT2D eigenvalue weighted by Gasteiger charge is -2.30. The third-order valence-electron chi connectivity index (χ3n) is 14.4. The largest absolute Gasteiger partial charge is 0.465 e. The van der Waals surface area contributed by atoms with Gasteiger partial charge in [-0.2, -0.15) is 0 Å². The molecule has 3 aromatic rings. The maximum atomic E-state index is 11.5. The maximum Gasteiger partial charge on any atom is 0.302 e. The molecule has 0 aromatic heterocycles. The van der Waals surface area contributed by atoms with Crippen molar-refractivity contribution < 1.29 is 47.7 Å². The monoisotopic (exact) mass is 1320 g/mol. The van der Waals surface area contributed by atoms with Crippen molar-refractivity contribution in [3.05, 3.63) is 72.8 Å². The molecule has 0 aliphatic carbocycles. The Morgan fingerprint density at radius 2 is 0.693 bits per heavy atom. The summed E-state index contributed by atoms with van der Waals surface area (Å²) in [7, 11) is 9.46. The molecule has 0 aliphatic heterocycles. The highest BCUT2D eigenvalue weighted by atomic mass is 28.3. The molecule has 0 saturated heterocycles. The fourth-order valence-electron chi connectivity index (χ4n) is 7.45. The lowest BCUT2D eigenvalue weighted by atomic mass is 9.92. The Hall–Kier alpha value is -4.56. The van der Waals surface area contributed by atoms with Gasteiger partial charge < -0.3 is 43.4 Å². The summed E-state index contributed by atoms with van der Waals surface area (Å²) in [4.78, 5) is 74.0. The van der Waals surface area contributed by atoms with E-state index in [1.54, 1.807) is 89.8 Å². The Morgan fingerprint density at radius 3 is 0.886 bits per heavy atom. The zero-order valence-electron chi connectivity index (χ0n) is 62.1. The summed E-state index contributed by atoms with van der Waals surface area (Å²) in [6, 6.07) is 31.2.